The third-order valence-corrected chi connectivity index (χ3v) is 2.86. The van der Waals surface area contributed by atoms with Gasteiger partial charge >= 0.3 is 5.97 Å². The molecular formula is C14H15FO2. The van der Waals surface area contributed by atoms with Crippen molar-refractivity contribution in [2.75, 3.05) is 6.61 Å². The molecule has 1 aromatic rings. The standard InChI is InChI=1S/C14H15FO2/c1-2-17-14(16)8-10-3-4-12-9-13(15)6-5-11(12)7-10/h5-7,9H,2-4,8H2,1H3. The lowest BCUT2D eigenvalue weighted by atomic mass is 9.91. The highest BCUT2D eigenvalue weighted by molar-refractivity contribution is 5.75. The number of esters is 1. The second kappa shape index (κ2) is 5.13. The van der Waals surface area contributed by atoms with E-state index in [1.807, 2.05) is 6.08 Å². The summed E-state index contributed by atoms with van der Waals surface area (Å²) in [5.41, 5.74) is 3.08. The zero-order chi connectivity index (χ0) is 12.3. The van der Waals surface area contributed by atoms with Gasteiger partial charge in [0.15, 0.2) is 0 Å². The van der Waals surface area contributed by atoms with Gasteiger partial charge in [0.05, 0.1) is 13.0 Å². The molecule has 90 valence electrons. The number of benzene rings is 1. The van der Waals surface area contributed by atoms with Crippen molar-refractivity contribution in [1.29, 1.82) is 0 Å². The third kappa shape index (κ3) is 2.93. The van der Waals surface area contributed by atoms with Crippen LogP contribution in [0.5, 0.6) is 0 Å². The normalized spacial score (nSPS) is 13.9. The van der Waals surface area contributed by atoms with E-state index in [1.165, 1.54) is 6.07 Å². The molecule has 0 saturated heterocycles. The minimum absolute atomic E-state index is 0.190. The van der Waals surface area contributed by atoms with E-state index in [-0.39, 0.29) is 11.8 Å². The fraction of sp³-hybridized carbons (Fsp3) is 0.357. The summed E-state index contributed by atoms with van der Waals surface area (Å²) < 4.78 is 17.9. The second-order valence-corrected chi connectivity index (χ2v) is 4.13. The van der Waals surface area contributed by atoms with Crippen LogP contribution in [0.15, 0.2) is 23.8 Å². The zero-order valence-electron chi connectivity index (χ0n) is 9.83. The predicted octanol–water partition coefficient (Wildman–Crippen LogP) is 3.11. The summed E-state index contributed by atoms with van der Waals surface area (Å²) in [6.45, 7) is 2.21. The molecule has 3 heteroatoms. The molecule has 1 aliphatic rings. The largest absolute Gasteiger partial charge is 0.466 e. The molecule has 2 nitrogen and oxygen atoms in total. The first-order valence-corrected chi connectivity index (χ1v) is 5.82. The topological polar surface area (TPSA) is 26.3 Å². The maximum atomic E-state index is 13.0. The molecule has 0 unspecified atom stereocenters. The van der Waals surface area contributed by atoms with Gasteiger partial charge in [-0.2, -0.15) is 0 Å². The molecule has 0 aromatic heterocycles. The molecule has 0 atom stereocenters. The first-order valence-electron chi connectivity index (χ1n) is 5.82. The molecule has 0 amide bonds. The van der Waals surface area contributed by atoms with E-state index in [0.717, 1.165) is 29.5 Å². The van der Waals surface area contributed by atoms with E-state index in [1.54, 1.807) is 19.1 Å². The average molecular weight is 234 g/mol. The molecule has 1 aromatic carbocycles. The Kier molecular flexibility index (Phi) is 3.57. The lowest BCUT2D eigenvalue weighted by molar-refractivity contribution is -0.142. The van der Waals surface area contributed by atoms with E-state index in [2.05, 4.69) is 0 Å². The Hall–Kier alpha value is -1.64. The summed E-state index contributed by atoms with van der Waals surface area (Å²) in [5.74, 6) is -0.393. The smallest absolute Gasteiger partial charge is 0.309 e. The number of rotatable bonds is 3. The van der Waals surface area contributed by atoms with E-state index >= 15 is 0 Å². The van der Waals surface area contributed by atoms with Crippen LogP contribution in [0, 0.1) is 5.82 Å². The van der Waals surface area contributed by atoms with E-state index in [9.17, 15) is 9.18 Å². The first-order chi connectivity index (χ1) is 8.19. The summed E-state index contributed by atoms with van der Waals surface area (Å²) in [4.78, 5) is 11.4. The summed E-state index contributed by atoms with van der Waals surface area (Å²) in [7, 11) is 0. The van der Waals surface area contributed by atoms with Crippen molar-refractivity contribution in [3.05, 3.63) is 40.7 Å². The lowest BCUT2D eigenvalue weighted by Crippen LogP contribution is -2.08. The molecule has 0 heterocycles. The van der Waals surface area contributed by atoms with Crippen LogP contribution in [-0.4, -0.2) is 12.6 Å². The van der Waals surface area contributed by atoms with E-state index < -0.39 is 0 Å². The Morgan fingerprint density at radius 1 is 1.41 bits per heavy atom. The fourth-order valence-corrected chi connectivity index (χ4v) is 2.06. The van der Waals surface area contributed by atoms with Crippen LogP contribution in [-0.2, 0) is 16.0 Å². The maximum absolute atomic E-state index is 13.0. The van der Waals surface area contributed by atoms with Crippen LogP contribution in [0.25, 0.3) is 6.08 Å². The number of halogens is 1. The van der Waals surface area contributed by atoms with E-state index in [0.29, 0.717) is 13.0 Å². The SMILES string of the molecule is CCOC(=O)CC1=Cc2ccc(F)cc2CC1. The Morgan fingerprint density at radius 3 is 3.00 bits per heavy atom. The molecule has 0 radical (unpaired) electrons. The fourth-order valence-electron chi connectivity index (χ4n) is 2.06. The van der Waals surface area contributed by atoms with Crippen LogP contribution < -0.4 is 0 Å². The molecular weight excluding hydrogens is 219 g/mol. The average Bonchev–Trinajstić information content (AvgIpc) is 2.29. The Bertz CT molecular complexity index is 463. The molecule has 0 aliphatic heterocycles. The Labute approximate surface area is 100 Å². The molecule has 0 N–H and O–H groups in total. The molecule has 0 spiro atoms. The molecule has 0 saturated carbocycles. The molecule has 17 heavy (non-hydrogen) atoms. The van der Waals surface area contributed by atoms with Gasteiger partial charge in [0, 0.05) is 0 Å². The number of fused-ring (bicyclic) bond motifs is 1. The van der Waals surface area contributed by atoms with Crippen molar-refractivity contribution >= 4 is 12.0 Å². The first kappa shape index (κ1) is 11.8. The van der Waals surface area contributed by atoms with Gasteiger partial charge in [0.2, 0.25) is 0 Å². The van der Waals surface area contributed by atoms with Crippen molar-refractivity contribution in [3.63, 3.8) is 0 Å². The monoisotopic (exact) mass is 234 g/mol. The third-order valence-electron chi connectivity index (χ3n) is 2.86. The highest BCUT2D eigenvalue weighted by Gasteiger charge is 2.14. The lowest BCUT2D eigenvalue weighted by Gasteiger charge is -2.16. The van der Waals surface area contributed by atoms with Crippen LogP contribution in [0.2, 0.25) is 0 Å². The quantitative estimate of drug-likeness (QED) is 0.751. The summed E-state index contributed by atoms with van der Waals surface area (Å²) in [6, 6.07) is 4.77. The molecule has 2 rings (SSSR count). The summed E-state index contributed by atoms with van der Waals surface area (Å²) >= 11 is 0. The number of ether oxygens (including phenoxy) is 1. The van der Waals surface area contributed by atoms with Crippen molar-refractivity contribution in [1.82, 2.24) is 0 Å². The van der Waals surface area contributed by atoms with Gasteiger partial charge in [0.25, 0.3) is 0 Å². The van der Waals surface area contributed by atoms with Gasteiger partial charge < -0.3 is 4.74 Å². The van der Waals surface area contributed by atoms with Crippen molar-refractivity contribution in [2.45, 2.75) is 26.2 Å². The zero-order valence-corrected chi connectivity index (χ0v) is 9.83. The van der Waals surface area contributed by atoms with Gasteiger partial charge in [-0.05, 0) is 43.0 Å². The van der Waals surface area contributed by atoms with Crippen LogP contribution in [0.4, 0.5) is 4.39 Å². The molecule has 0 bridgehead atoms. The molecule has 0 fully saturated rings. The Morgan fingerprint density at radius 2 is 2.24 bits per heavy atom. The highest BCUT2D eigenvalue weighted by atomic mass is 19.1. The molecule has 1 aliphatic carbocycles. The van der Waals surface area contributed by atoms with Gasteiger partial charge in [-0.25, -0.2) is 4.39 Å². The number of aryl methyl sites for hydroxylation is 1. The van der Waals surface area contributed by atoms with E-state index in [4.69, 9.17) is 4.74 Å². The number of carbonyl (C=O) groups is 1. The minimum Gasteiger partial charge on any atom is -0.466 e. The van der Waals surface area contributed by atoms with Gasteiger partial charge in [-0.15, -0.1) is 0 Å². The Balaban J connectivity index is 2.12. The number of carbonyl (C=O) groups excluding carboxylic acids is 1. The van der Waals surface area contributed by atoms with Crippen molar-refractivity contribution in [2.24, 2.45) is 0 Å². The minimum atomic E-state index is -0.203. The van der Waals surface area contributed by atoms with Crippen LogP contribution >= 0.6 is 0 Å². The summed E-state index contributed by atoms with van der Waals surface area (Å²) in [5, 5.41) is 0. The van der Waals surface area contributed by atoms with Gasteiger partial charge in [-0.3, -0.25) is 4.79 Å². The van der Waals surface area contributed by atoms with Gasteiger partial charge in [0.1, 0.15) is 5.82 Å². The van der Waals surface area contributed by atoms with Gasteiger partial charge in [-0.1, -0.05) is 17.7 Å². The predicted molar refractivity (Wildman–Crippen MR) is 63.9 cm³/mol. The van der Waals surface area contributed by atoms with Crippen LogP contribution in [0.1, 0.15) is 30.9 Å². The van der Waals surface area contributed by atoms with Crippen molar-refractivity contribution < 1.29 is 13.9 Å². The number of hydrogen-bond donors (Lipinski definition) is 0. The highest BCUT2D eigenvalue weighted by Crippen LogP contribution is 2.26. The van der Waals surface area contributed by atoms with Crippen LogP contribution in [0.3, 0.4) is 0 Å². The number of hydrogen-bond acceptors (Lipinski definition) is 2. The van der Waals surface area contributed by atoms with Crippen molar-refractivity contribution in [3.8, 4) is 0 Å². The summed E-state index contributed by atoms with van der Waals surface area (Å²) in [6.07, 6.45) is 3.90. The maximum Gasteiger partial charge on any atom is 0.309 e. The second-order valence-electron chi connectivity index (χ2n) is 4.13.